The van der Waals surface area contributed by atoms with Gasteiger partial charge in [0.25, 0.3) is 0 Å². The van der Waals surface area contributed by atoms with Crippen LogP contribution in [0.1, 0.15) is 119 Å². The molecule has 4 aromatic carbocycles. The SMILES string of the molecule is CC(C)(C)c1ccc2c(-c3ncnc4c3-c3c(ccc5ccccc35)C4(C)C)[c-]ccc2c1.CCC(C)(CC)C(=O)/C=C(\O)C(C)(CC)CC.[Ir]. The van der Waals surface area contributed by atoms with Gasteiger partial charge in [-0.1, -0.05) is 136 Å². The van der Waals surface area contributed by atoms with Gasteiger partial charge in [-0.3, -0.25) is 9.78 Å². The Morgan fingerprint density at radius 2 is 1.43 bits per heavy atom. The average molecular weight is 860 g/mol. The maximum atomic E-state index is 12.2. The minimum Gasteiger partial charge on any atom is -0.512 e. The molecule has 0 bridgehead atoms. The fraction of sp³-hybridized carbons (Fsp3) is 0.413. The van der Waals surface area contributed by atoms with Crippen molar-refractivity contribution in [2.24, 2.45) is 10.8 Å². The third-order valence-electron chi connectivity index (χ3n) is 11.8. The normalized spacial score (nSPS) is 14.0. The molecule has 0 saturated carbocycles. The van der Waals surface area contributed by atoms with Crippen molar-refractivity contribution in [2.45, 2.75) is 113 Å². The molecule has 6 rings (SSSR count). The maximum Gasteiger partial charge on any atom is 0.164 e. The van der Waals surface area contributed by atoms with Gasteiger partial charge in [-0.25, -0.2) is 4.98 Å². The van der Waals surface area contributed by atoms with Gasteiger partial charge >= 0.3 is 0 Å². The first-order valence-corrected chi connectivity index (χ1v) is 18.3. The van der Waals surface area contributed by atoms with E-state index in [-0.39, 0.29) is 53.3 Å². The van der Waals surface area contributed by atoms with Crippen LogP contribution in [0.3, 0.4) is 0 Å². The van der Waals surface area contributed by atoms with E-state index >= 15 is 0 Å². The number of rotatable bonds is 8. The summed E-state index contributed by atoms with van der Waals surface area (Å²) in [6.45, 7) is 23.4. The molecule has 1 radical (unpaired) electrons. The summed E-state index contributed by atoms with van der Waals surface area (Å²) in [4.78, 5) is 21.9. The second-order valence-corrected chi connectivity index (χ2v) is 16.1. The molecule has 0 fully saturated rings. The van der Waals surface area contributed by atoms with Gasteiger partial charge < -0.3 is 5.11 Å². The van der Waals surface area contributed by atoms with Crippen LogP contribution in [0.5, 0.6) is 0 Å². The predicted octanol–water partition coefficient (Wildman–Crippen LogP) is 12.5. The molecule has 0 amide bonds. The average Bonchev–Trinajstić information content (AvgIpc) is 3.36. The number of ketones is 1. The molecule has 1 aromatic heterocycles. The van der Waals surface area contributed by atoms with E-state index in [0.717, 1.165) is 48.2 Å². The van der Waals surface area contributed by atoms with Gasteiger partial charge in [0.1, 0.15) is 12.1 Å². The van der Waals surface area contributed by atoms with Crippen molar-refractivity contribution in [3.8, 4) is 22.4 Å². The Balaban J connectivity index is 0.000000279. The smallest absolute Gasteiger partial charge is 0.164 e. The number of benzene rings is 4. The number of allylic oxidation sites excluding steroid dienone is 2. The van der Waals surface area contributed by atoms with E-state index in [1.807, 2.05) is 47.6 Å². The molecule has 0 atom stereocenters. The van der Waals surface area contributed by atoms with Crippen LogP contribution >= 0.6 is 0 Å². The first-order valence-electron chi connectivity index (χ1n) is 18.3. The van der Waals surface area contributed by atoms with Crippen LogP contribution in [0.25, 0.3) is 43.9 Å². The standard InChI is InChI=1S/C31H27N2.C15H28O2.Ir/c1-30(2,3)21-14-15-22-20(17-21)10-8-12-24(22)28-27-26-23-11-7-6-9-19(23)13-16-25(26)31(4,5)29(27)33-18-32-28;1-7-14(5,8-2)12(16)11-13(17)15(6,9-3)10-4;/h6-11,13-18H,1-5H3;11,16H,7-10H2,1-6H3;/q-1;;/b;12-11-;. The Hall–Kier alpha value is -3.66. The summed E-state index contributed by atoms with van der Waals surface area (Å²) in [7, 11) is 0. The Labute approximate surface area is 319 Å². The molecule has 51 heavy (non-hydrogen) atoms. The number of hydrogen-bond donors (Lipinski definition) is 1. The molecule has 0 saturated heterocycles. The van der Waals surface area contributed by atoms with Crippen LogP contribution in [-0.4, -0.2) is 20.9 Å². The molecule has 4 nitrogen and oxygen atoms in total. The largest absolute Gasteiger partial charge is 0.512 e. The summed E-state index contributed by atoms with van der Waals surface area (Å²) in [5.74, 6) is 0.286. The molecule has 5 aromatic rings. The number of carbonyl (C=O) groups excluding carboxylic acids is 1. The molecule has 0 aliphatic heterocycles. The fourth-order valence-corrected chi connectivity index (χ4v) is 7.04. The number of nitrogens with zero attached hydrogens (tertiary/aromatic N) is 2. The Morgan fingerprint density at radius 3 is 2.06 bits per heavy atom. The van der Waals surface area contributed by atoms with Crippen LogP contribution in [-0.2, 0) is 35.7 Å². The first kappa shape index (κ1) is 40.1. The van der Waals surface area contributed by atoms with Crippen molar-refractivity contribution in [1.82, 2.24) is 9.97 Å². The van der Waals surface area contributed by atoms with Crippen molar-refractivity contribution < 1.29 is 30.0 Å². The maximum absolute atomic E-state index is 12.2. The summed E-state index contributed by atoms with van der Waals surface area (Å²) in [6, 6.07) is 27.6. The number of hydrogen-bond acceptors (Lipinski definition) is 4. The molecular formula is C46H55IrN2O2-. The van der Waals surface area contributed by atoms with E-state index in [0.29, 0.717) is 0 Å². The van der Waals surface area contributed by atoms with E-state index in [2.05, 4.69) is 101 Å². The van der Waals surface area contributed by atoms with Crippen molar-refractivity contribution in [2.75, 3.05) is 0 Å². The van der Waals surface area contributed by atoms with E-state index in [1.165, 1.54) is 44.3 Å². The van der Waals surface area contributed by atoms with Crippen LogP contribution in [0.15, 0.2) is 84.9 Å². The van der Waals surface area contributed by atoms with Crippen LogP contribution < -0.4 is 0 Å². The van der Waals surface area contributed by atoms with Crippen molar-refractivity contribution in [3.05, 3.63) is 108 Å². The Kier molecular flexibility index (Phi) is 11.9. The molecule has 1 aliphatic carbocycles. The summed E-state index contributed by atoms with van der Waals surface area (Å²) in [5, 5.41) is 15.0. The summed E-state index contributed by atoms with van der Waals surface area (Å²) >= 11 is 0. The molecular weight excluding hydrogens is 805 g/mol. The zero-order valence-electron chi connectivity index (χ0n) is 32.4. The second-order valence-electron chi connectivity index (χ2n) is 16.1. The van der Waals surface area contributed by atoms with Gasteiger partial charge in [-0.15, -0.1) is 29.1 Å². The third-order valence-corrected chi connectivity index (χ3v) is 11.8. The monoisotopic (exact) mass is 860 g/mol. The number of aliphatic hydroxyl groups is 1. The van der Waals surface area contributed by atoms with E-state index in [4.69, 9.17) is 9.97 Å². The fourth-order valence-electron chi connectivity index (χ4n) is 7.04. The molecule has 0 spiro atoms. The molecule has 1 aliphatic rings. The molecule has 5 heteroatoms. The van der Waals surface area contributed by atoms with E-state index in [1.54, 1.807) is 6.33 Å². The van der Waals surface area contributed by atoms with Crippen molar-refractivity contribution >= 4 is 27.3 Å². The number of carbonyl (C=O) groups is 1. The summed E-state index contributed by atoms with van der Waals surface area (Å²) in [6.07, 6.45) is 6.48. The minimum atomic E-state index is -0.337. The van der Waals surface area contributed by atoms with Gasteiger partial charge in [-0.05, 0) is 64.1 Å². The third kappa shape index (κ3) is 7.35. The second kappa shape index (κ2) is 15.1. The van der Waals surface area contributed by atoms with Crippen molar-refractivity contribution in [1.29, 1.82) is 0 Å². The zero-order chi connectivity index (χ0) is 36.6. The number of fused-ring (bicyclic) bond motifs is 6. The van der Waals surface area contributed by atoms with Crippen LogP contribution in [0.2, 0.25) is 0 Å². The predicted molar refractivity (Wildman–Crippen MR) is 211 cm³/mol. The molecule has 1 N–H and O–H groups in total. The number of aliphatic hydroxyl groups excluding tert-OH is 1. The van der Waals surface area contributed by atoms with E-state index in [9.17, 15) is 9.90 Å². The molecule has 1 heterocycles. The topological polar surface area (TPSA) is 63.1 Å². The van der Waals surface area contributed by atoms with Crippen LogP contribution in [0.4, 0.5) is 0 Å². The summed E-state index contributed by atoms with van der Waals surface area (Å²) < 4.78 is 0. The molecule has 0 unspecified atom stereocenters. The minimum absolute atomic E-state index is 0. The first-order chi connectivity index (χ1) is 23.6. The van der Waals surface area contributed by atoms with Gasteiger partial charge in [-0.2, -0.15) is 0 Å². The van der Waals surface area contributed by atoms with Crippen molar-refractivity contribution in [3.63, 3.8) is 0 Å². The number of aromatic nitrogens is 2. The quantitative estimate of drug-likeness (QED) is 0.0959. The van der Waals surface area contributed by atoms with Gasteiger partial charge in [0.2, 0.25) is 0 Å². The van der Waals surface area contributed by atoms with Gasteiger partial charge in [0.15, 0.2) is 5.78 Å². The zero-order valence-corrected chi connectivity index (χ0v) is 34.8. The Morgan fingerprint density at radius 1 is 0.784 bits per heavy atom. The van der Waals surface area contributed by atoms with Crippen LogP contribution in [0, 0.1) is 16.9 Å². The van der Waals surface area contributed by atoms with Gasteiger partial charge in [0, 0.05) is 48.1 Å². The summed E-state index contributed by atoms with van der Waals surface area (Å²) in [5.41, 5.74) is 7.48. The Bertz CT molecular complexity index is 2080. The van der Waals surface area contributed by atoms with Gasteiger partial charge in [0.05, 0.1) is 5.69 Å². The van der Waals surface area contributed by atoms with E-state index < -0.39 is 0 Å². The molecule has 271 valence electrons.